The van der Waals surface area contributed by atoms with Crippen LogP contribution >= 0.6 is 0 Å². The molecule has 0 radical (unpaired) electrons. The van der Waals surface area contributed by atoms with Gasteiger partial charge in [0.15, 0.2) is 0 Å². The number of nitrogens with two attached hydrogens (primary N) is 1. The number of hydrogen-bond acceptors (Lipinski definition) is 2. The van der Waals surface area contributed by atoms with E-state index in [9.17, 15) is 0 Å². The van der Waals surface area contributed by atoms with Crippen molar-refractivity contribution in [2.75, 3.05) is 0 Å². The predicted molar refractivity (Wildman–Crippen MR) is 58.0 cm³/mol. The minimum Gasteiger partial charge on any atom is -0.312 e. The highest BCUT2D eigenvalue weighted by Gasteiger charge is 2.10. The minimum atomic E-state index is -0.0163. The molecule has 3 nitrogen and oxygen atoms in total. The number of aromatic nitrogens is 2. The van der Waals surface area contributed by atoms with Crippen LogP contribution in [0.5, 0.6) is 0 Å². The van der Waals surface area contributed by atoms with Crippen LogP contribution in [0.4, 0.5) is 0 Å². The number of benzene rings is 1. The average molecular weight is 189 g/mol. The van der Waals surface area contributed by atoms with Crippen molar-refractivity contribution in [3.63, 3.8) is 0 Å². The molecule has 0 amide bonds. The molecular weight excluding hydrogens is 174 g/mol. The number of para-hydroxylation sites is 2. The van der Waals surface area contributed by atoms with E-state index in [4.69, 9.17) is 5.73 Å². The number of aryl methyl sites for hydroxylation is 1. The molecule has 74 valence electrons. The molecule has 1 atom stereocenters. The summed E-state index contributed by atoms with van der Waals surface area (Å²) in [6, 6.07) is 8.10. The van der Waals surface area contributed by atoms with Crippen LogP contribution in [0.3, 0.4) is 0 Å². The minimum absolute atomic E-state index is 0.0163. The van der Waals surface area contributed by atoms with E-state index in [0.29, 0.717) is 0 Å². The molecule has 2 aromatic rings. The van der Waals surface area contributed by atoms with Gasteiger partial charge in [-0.15, -0.1) is 0 Å². The Labute approximate surface area is 83.6 Å². The van der Waals surface area contributed by atoms with Crippen LogP contribution in [0, 0.1) is 0 Å². The van der Waals surface area contributed by atoms with Gasteiger partial charge in [0.1, 0.15) is 5.82 Å². The first kappa shape index (κ1) is 9.21. The van der Waals surface area contributed by atoms with Crippen molar-refractivity contribution < 1.29 is 0 Å². The van der Waals surface area contributed by atoms with E-state index in [1.807, 2.05) is 25.1 Å². The summed E-state index contributed by atoms with van der Waals surface area (Å²) in [4.78, 5) is 4.54. The van der Waals surface area contributed by atoms with E-state index < -0.39 is 0 Å². The summed E-state index contributed by atoms with van der Waals surface area (Å²) in [6.07, 6.45) is 0.897. The summed E-state index contributed by atoms with van der Waals surface area (Å²) in [6.45, 7) is 4.08. The molecule has 1 unspecified atom stereocenters. The first-order valence-electron chi connectivity index (χ1n) is 4.95. The smallest absolute Gasteiger partial charge is 0.110 e. The van der Waals surface area contributed by atoms with E-state index in [2.05, 4.69) is 22.5 Å². The summed E-state index contributed by atoms with van der Waals surface area (Å²) >= 11 is 0. The Morgan fingerprint density at radius 2 is 2.14 bits per heavy atom. The fourth-order valence-corrected chi connectivity index (χ4v) is 1.80. The summed E-state index contributed by atoms with van der Waals surface area (Å²) in [7, 11) is 0. The molecule has 2 N–H and O–H groups in total. The molecule has 14 heavy (non-hydrogen) atoms. The maximum Gasteiger partial charge on any atom is 0.110 e. The van der Waals surface area contributed by atoms with Gasteiger partial charge in [-0.3, -0.25) is 0 Å². The molecule has 0 saturated heterocycles. The van der Waals surface area contributed by atoms with Gasteiger partial charge in [-0.2, -0.15) is 0 Å². The first-order chi connectivity index (χ1) is 6.74. The fourth-order valence-electron chi connectivity index (χ4n) is 1.80. The van der Waals surface area contributed by atoms with Gasteiger partial charge in [0.25, 0.3) is 0 Å². The van der Waals surface area contributed by atoms with Gasteiger partial charge in [-0.1, -0.05) is 19.1 Å². The Morgan fingerprint density at radius 1 is 1.43 bits per heavy atom. The van der Waals surface area contributed by atoms with Crippen LogP contribution in [-0.2, 0) is 6.42 Å². The second-order valence-corrected chi connectivity index (χ2v) is 3.48. The molecule has 2 rings (SSSR count). The Kier molecular flexibility index (Phi) is 2.25. The van der Waals surface area contributed by atoms with E-state index in [-0.39, 0.29) is 6.17 Å². The summed E-state index contributed by atoms with van der Waals surface area (Å²) in [5, 5.41) is 0. The molecule has 0 saturated carbocycles. The maximum absolute atomic E-state index is 5.92. The number of imidazole rings is 1. The van der Waals surface area contributed by atoms with Crippen molar-refractivity contribution in [3.05, 3.63) is 30.1 Å². The number of fused-ring (bicyclic) bond motifs is 1. The third-order valence-electron chi connectivity index (χ3n) is 2.39. The lowest BCUT2D eigenvalue weighted by Gasteiger charge is -2.11. The zero-order valence-electron chi connectivity index (χ0n) is 8.57. The first-order valence-corrected chi connectivity index (χ1v) is 4.95. The molecule has 1 aromatic carbocycles. The Bertz CT molecular complexity index is 443. The van der Waals surface area contributed by atoms with Crippen LogP contribution < -0.4 is 5.73 Å². The normalized spacial score (nSPS) is 13.4. The van der Waals surface area contributed by atoms with Crippen molar-refractivity contribution in [2.24, 2.45) is 5.73 Å². The summed E-state index contributed by atoms with van der Waals surface area (Å²) in [5.74, 6) is 1.06. The lowest BCUT2D eigenvalue weighted by Crippen LogP contribution is -2.16. The summed E-state index contributed by atoms with van der Waals surface area (Å²) < 4.78 is 2.09. The zero-order chi connectivity index (χ0) is 10.1. The van der Waals surface area contributed by atoms with Crippen molar-refractivity contribution in [1.82, 2.24) is 9.55 Å². The third-order valence-corrected chi connectivity index (χ3v) is 2.39. The largest absolute Gasteiger partial charge is 0.312 e. The van der Waals surface area contributed by atoms with Crippen LogP contribution in [-0.4, -0.2) is 9.55 Å². The molecule has 0 aliphatic carbocycles. The Balaban J connectivity index is 2.74. The van der Waals surface area contributed by atoms with Crippen LogP contribution in [0.1, 0.15) is 25.8 Å². The van der Waals surface area contributed by atoms with E-state index in [0.717, 1.165) is 23.3 Å². The van der Waals surface area contributed by atoms with Crippen LogP contribution in [0.2, 0.25) is 0 Å². The Morgan fingerprint density at radius 3 is 2.79 bits per heavy atom. The predicted octanol–water partition coefficient (Wildman–Crippen LogP) is 2.08. The van der Waals surface area contributed by atoms with Gasteiger partial charge in [0.05, 0.1) is 17.2 Å². The van der Waals surface area contributed by atoms with Gasteiger partial charge in [0.2, 0.25) is 0 Å². The quantitative estimate of drug-likeness (QED) is 0.786. The van der Waals surface area contributed by atoms with E-state index >= 15 is 0 Å². The molecule has 0 bridgehead atoms. The summed E-state index contributed by atoms with van der Waals surface area (Å²) in [5.41, 5.74) is 8.08. The molecule has 1 aromatic heterocycles. The average Bonchev–Trinajstić information content (AvgIpc) is 2.55. The van der Waals surface area contributed by atoms with Crippen molar-refractivity contribution in [3.8, 4) is 0 Å². The van der Waals surface area contributed by atoms with Gasteiger partial charge in [-0.05, 0) is 19.1 Å². The zero-order valence-corrected chi connectivity index (χ0v) is 8.57. The molecule has 3 heteroatoms. The molecule has 1 heterocycles. The van der Waals surface area contributed by atoms with Gasteiger partial charge >= 0.3 is 0 Å². The van der Waals surface area contributed by atoms with Gasteiger partial charge in [0, 0.05) is 6.42 Å². The number of nitrogens with zero attached hydrogens (tertiary/aromatic N) is 2. The van der Waals surface area contributed by atoms with Crippen LogP contribution in [0.15, 0.2) is 24.3 Å². The highest BCUT2D eigenvalue weighted by molar-refractivity contribution is 5.76. The van der Waals surface area contributed by atoms with Crippen molar-refractivity contribution >= 4 is 11.0 Å². The highest BCUT2D eigenvalue weighted by Crippen LogP contribution is 2.18. The lowest BCUT2D eigenvalue weighted by molar-refractivity contribution is 0.562. The van der Waals surface area contributed by atoms with Crippen molar-refractivity contribution in [1.29, 1.82) is 0 Å². The van der Waals surface area contributed by atoms with Gasteiger partial charge < -0.3 is 10.3 Å². The van der Waals surface area contributed by atoms with Crippen molar-refractivity contribution in [2.45, 2.75) is 26.4 Å². The molecule has 0 spiro atoms. The SMILES string of the molecule is CCc1nc2ccccc2n1C(C)N. The van der Waals surface area contributed by atoms with E-state index in [1.54, 1.807) is 0 Å². The molecular formula is C11H15N3. The molecule has 0 aliphatic rings. The second-order valence-electron chi connectivity index (χ2n) is 3.48. The van der Waals surface area contributed by atoms with Crippen LogP contribution in [0.25, 0.3) is 11.0 Å². The Hall–Kier alpha value is -1.35. The fraction of sp³-hybridized carbons (Fsp3) is 0.364. The molecule has 0 fully saturated rings. The number of hydrogen-bond donors (Lipinski definition) is 1. The lowest BCUT2D eigenvalue weighted by atomic mass is 10.3. The molecule has 0 aliphatic heterocycles. The monoisotopic (exact) mass is 189 g/mol. The highest BCUT2D eigenvalue weighted by atomic mass is 15.2. The van der Waals surface area contributed by atoms with E-state index in [1.165, 1.54) is 0 Å². The second kappa shape index (κ2) is 3.42. The number of rotatable bonds is 2. The van der Waals surface area contributed by atoms with Gasteiger partial charge in [-0.25, -0.2) is 4.98 Å². The maximum atomic E-state index is 5.92. The standard InChI is InChI=1S/C11H15N3/c1-3-11-13-9-6-4-5-7-10(9)14(11)8(2)12/h4-8H,3,12H2,1-2H3. The third kappa shape index (κ3) is 1.30. The topological polar surface area (TPSA) is 43.8 Å².